The van der Waals surface area contributed by atoms with Crippen molar-refractivity contribution in [1.82, 2.24) is 14.8 Å². The summed E-state index contributed by atoms with van der Waals surface area (Å²) in [7, 11) is 0. The summed E-state index contributed by atoms with van der Waals surface area (Å²) in [6.07, 6.45) is -3.30. The Bertz CT molecular complexity index is 873. The van der Waals surface area contributed by atoms with Gasteiger partial charge in [-0.1, -0.05) is 29.3 Å². The lowest BCUT2D eigenvalue weighted by molar-refractivity contribution is -0.140. The van der Waals surface area contributed by atoms with Crippen LogP contribution in [0, 0.1) is 0 Å². The van der Waals surface area contributed by atoms with Crippen LogP contribution in [0.4, 0.5) is 13.2 Å². The minimum Gasteiger partial charge on any atom is -0.258 e. The molecule has 0 N–H and O–H groups in total. The third kappa shape index (κ3) is 3.18. The summed E-state index contributed by atoms with van der Waals surface area (Å²) in [6, 6.07) is 6.42. The molecule has 0 saturated carbocycles. The van der Waals surface area contributed by atoms with Crippen LogP contribution >= 0.6 is 39.1 Å². The smallest absolute Gasteiger partial charge is 0.258 e. The number of aromatic nitrogens is 3. The Balaban J connectivity index is 2.20. The predicted octanol–water partition coefficient (Wildman–Crippen LogP) is 5.57. The molecule has 0 aliphatic heterocycles. The molecule has 0 amide bonds. The summed E-state index contributed by atoms with van der Waals surface area (Å²) in [5.41, 5.74) is -0.524. The summed E-state index contributed by atoms with van der Waals surface area (Å²) in [5.74, 6) is 0. The van der Waals surface area contributed by atoms with Crippen molar-refractivity contribution in [2.45, 2.75) is 12.7 Å². The van der Waals surface area contributed by atoms with Crippen LogP contribution in [-0.2, 0) is 12.7 Å². The molecule has 0 unspecified atom stereocenters. The number of nitrogens with zero attached hydrogens (tertiary/aromatic N) is 3. The molecule has 0 spiro atoms. The second kappa shape index (κ2) is 5.96. The fourth-order valence-corrected chi connectivity index (χ4v) is 3.01. The molecule has 2 heterocycles. The molecule has 9 heteroatoms. The van der Waals surface area contributed by atoms with Crippen molar-refractivity contribution >= 4 is 50.2 Å². The molecule has 0 atom stereocenters. The highest BCUT2D eigenvalue weighted by Gasteiger charge is 2.37. The normalized spacial score (nSPS) is 12.1. The topological polar surface area (TPSA) is 30.7 Å². The van der Waals surface area contributed by atoms with Crippen molar-refractivity contribution in [3.8, 4) is 0 Å². The Hall–Kier alpha value is -1.31. The Morgan fingerprint density at radius 2 is 1.83 bits per heavy atom. The van der Waals surface area contributed by atoms with Gasteiger partial charge in [-0.2, -0.15) is 18.3 Å². The van der Waals surface area contributed by atoms with E-state index in [9.17, 15) is 13.2 Å². The Kier molecular flexibility index (Phi) is 4.29. The van der Waals surface area contributed by atoms with E-state index in [1.54, 1.807) is 18.2 Å². The maximum Gasteiger partial charge on any atom is 0.437 e. The first-order chi connectivity index (χ1) is 10.8. The third-order valence-corrected chi connectivity index (χ3v) is 4.34. The van der Waals surface area contributed by atoms with Crippen molar-refractivity contribution < 1.29 is 13.2 Å². The van der Waals surface area contributed by atoms with Gasteiger partial charge < -0.3 is 0 Å². The Labute approximate surface area is 147 Å². The number of hydrogen-bond acceptors (Lipinski definition) is 2. The molecule has 3 aromatic rings. The molecule has 0 saturated heterocycles. The SMILES string of the molecule is FC(F)(F)c1nn(Cc2c(Cl)cccc2Cl)c2cc(Br)cnc12. The molecule has 3 nitrogen and oxygen atoms in total. The van der Waals surface area contributed by atoms with Crippen molar-refractivity contribution in [3.63, 3.8) is 0 Å². The van der Waals surface area contributed by atoms with Gasteiger partial charge >= 0.3 is 6.18 Å². The van der Waals surface area contributed by atoms with Crippen molar-refractivity contribution in [2.75, 3.05) is 0 Å². The average molecular weight is 425 g/mol. The van der Waals surface area contributed by atoms with Crippen LogP contribution < -0.4 is 0 Å². The molecule has 120 valence electrons. The number of rotatable bonds is 2. The van der Waals surface area contributed by atoms with E-state index in [1.165, 1.54) is 16.9 Å². The summed E-state index contributed by atoms with van der Waals surface area (Å²) >= 11 is 15.4. The van der Waals surface area contributed by atoms with Crippen molar-refractivity contribution in [1.29, 1.82) is 0 Å². The fraction of sp³-hybridized carbons (Fsp3) is 0.143. The van der Waals surface area contributed by atoms with E-state index in [2.05, 4.69) is 26.0 Å². The number of halogens is 6. The molecule has 3 rings (SSSR count). The van der Waals surface area contributed by atoms with Gasteiger partial charge in [0.1, 0.15) is 5.52 Å². The summed E-state index contributed by atoms with van der Waals surface area (Å²) in [6.45, 7) is 0.00319. The lowest BCUT2D eigenvalue weighted by Gasteiger charge is -2.08. The van der Waals surface area contributed by atoms with Gasteiger partial charge in [-0.3, -0.25) is 9.67 Å². The molecule has 23 heavy (non-hydrogen) atoms. The molecule has 0 aliphatic rings. The molecule has 0 aliphatic carbocycles. The molecule has 0 bridgehead atoms. The van der Waals surface area contributed by atoms with Gasteiger partial charge in [-0.25, -0.2) is 0 Å². The first-order valence-corrected chi connectivity index (χ1v) is 7.84. The van der Waals surface area contributed by atoms with Gasteiger partial charge in [0.15, 0.2) is 5.69 Å². The first-order valence-electron chi connectivity index (χ1n) is 6.29. The lowest BCUT2D eigenvalue weighted by Crippen LogP contribution is -2.09. The predicted molar refractivity (Wildman–Crippen MR) is 85.8 cm³/mol. The number of pyridine rings is 1. The zero-order valence-electron chi connectivity index (χ0n) is 11.2. The van der Waals surface area contributed by atoms with Crippen LogP contribution in [0.2, 0.25) is 10.0 Å². The number of hydrogen-bond donors (Lipinski definition) is 0. The molecule has 0 fully saturated rings. The van der Waals surface area contributed by atoms with E-state index >= 15 is 0 Å². The quantitative estimate of drug-likeness (QED) is 0.538. The van der Waals surface area contributed by atoms with Gasteiger partial charge in [-0.05, 0) is 34.1 Å². The van der Waals surface area contributed by atoms with Crippen LogP contribution in [0.25, 0.3) is 11.0 Å². The van der Waals surface area contributed by atoms with Gasteiger partial charge in [0.05, 0.1) is 12.1 Å². The zero-order chi connectivity index (χ0) is 16.8. The van der Waals surface area contributed by atoms with Gasteiger partial charge in [0, 0.05) is 26.3 Å². The largest absolute Gasteiger partial charge is 0.437 e. The third-order valence-electron chi connectivity index (χ3n) is 3.20. The van der Waals surface area contributed by atoms with E-state index in [0.717, 1.165) is 0 Å². The summed E-state index contributed by atoms with van der Waals surface area (Å²) in [5, 5.41) is 4.39. The summed E-state index contributed by atoms with van der Waals surface area (Å²) < 4.78 is 41.2. The van der Waals surface area contributed by atoms with Crippen molar-refractivity contribution in [2.24, 2.45) is 0 Å². The van der Waals surface area contributed by atoms with Crippen LogP contribution in [0.3, 0.4) is 0 Å². The maximum absolute atomic E-state index is 13.1. The van der Waals surface area contributed by atoms with Crippen molar-refractivity contribution in [3.05, 3.63) is 56.2 Å². The molecular weight excluding hydrogens is 418 g/mol. The minimum atomic E-state index is -4.60. The molecular formula is C14H7BrCl2F3N3. The number of alkyl halides is 3. The fourth-order valence-electron chi connectivity index (χ4n) is 2.17. The number of fused-ring (bicyclic) bond motifs is 1. The Morgan fingerprint density at radius 1 is 1.17 bits per heavy atom. The van der Waals surface area contributed by atoms with Gasteiger partial charge in [-0.15, -0.1) is 0 Å². The number of benzene rings is 1. The standard InChI is InChI=1S/C14H7BrCl2F3N3/c15-7-4-11-12(21-5-7)13(14(18,19)20)22-23(11)6-8-9(16)2-1-3-10(8)17/h1-5H,6H2. The highest BCUT2D eigenvalue weighted by atomic mass is 79.9. The minimum absolute atomic E-state index is 0.00319. The Morgan fingerprint density at radius 3 is 2.43 bits per heavy atom. The molecule has 2 aromatic heterocycles. The van der Waals surface area contributed by atoms with E-state index < -0.39 is 11.9 Å². The van der Waals surface area contributed by atoms with E-state index in [1.807, 2.05) is 0 Å². The average Bonchev–Trinajstić information content (AvgIpc) is 2.81. The second-order valence-corrected chi connectivity index (χ2v) is 6.46. The first kappa shape index (κ1) is 16.5. The maximum atomic E-state index is 13.1. The van der Waals surface area contributed by atoms with E-state index in [0.29, 0.717) is 20.1 Å². The van der Waals surface area contributed by atoms with Gasteiger partial charge in [0.25, 0.3) is 0 Å². The van der Waals surface area contributed by atoms with Crippen LogP contribution in [0.5, 0.6) is 0 Å². The van der Waals surface area contributed by atoms with E-state index in [-0.39, 0.29) is 17.6 Å². The lowest BCUT2D eigenvalue weighted by atomic mass is 10.2. The van der Waals surface area contributed by atoms with Crippen LogP contribution in [0.1, 0.15) is 11.3 Å². The molecule has 0 radical (unpaired) electrons. The van der Waals surface area contributed by atoms with Gasteiger partial charge in [0.2, 0.25) is 0 Å². The van der Waals surface area contributed by atoms with Crippen LogP contribution in [-0.4, -0.2) is 14.8 Å². The molecule has 1 aromatic carbocycles. The monoisotopic (exact) mass is 423 g/mol. The van der Waals surface area contributed by atoms with Crippen LogP contribution in [0.15, 0.2) is 34.9 Å². The van der Waals surface area contributed by atoms with E-state index in [4.69, 9.17) is 23.2 Å². The zero-order valence-corrected chi connectivity index (χ0v) is 14.3. The second-order valence-electron chi connectivity index (χ2n) is 4.73. The highest BCUT2D eigenvalue weighted by molar-refractivity contribution is 9.10. The summed E-state index contributed by atoms with van der Waals surface area (Å²) in [4.78, 5) is 3.84. The highest BCUT2D eigenvalue weighted by Crippen LogP contribution is 2.35.